The Morgan fingerprint density at radius 2 is 2.00 bits per heavy atom. The van der Waals surface area contributed by atoms with E-state index in [1.165, 1.54) is 5.57 Å². The molecule has 1 aromatic rings. The molecule has 4 nitrogen and oxygen atoms in total. The van der Waals surface area contributed by atoms with Crippen LogP contribution in [0.25, 0.3) is 0 Å². The van der Waals surface area contributed by atoms with Gasteiger partial charge in [-0.1, -0.05) is 30.6 Å². The van der Waals surface area contributed by atoms with Gasteiger partial charge in [-0.05, 0) is 106 Å². The maximum absolute atomic E-state index is 13.0. The van der Waals surface area contributed by atoms with Crippen LogP contribution in [-0.2, 0) is 14.3 Å². The van der Waals surface area contributed by atoms with Gasteiger partial charge in [-0.15, -0.1) is 6.42 Å². The molecule has 0 aliphatic heterocycles. The molecule has 0 bridgehead atoms. The number of carbonyl (C=O) groups is 2. The van der Waals surface area contributed by atoms with Crippen molar-refractivity contribution in [3.63, 3.8) is 0 Å². The average molecular weight is 461 g/mol. The van der Waals surface area contributed by atoms with Crippen molar-refractivity contribution in [2.24, 2.45) is 29.1 Å². The maximum Gasteiger partial charge on any atom is 0.345 e. The highest BCUT2D eigenvalue weighted by Gasteiger charge is 2.65. The monoisotopic (exact) mass is 460 g/mol. The number of terminal acetylenes is 1. The van der Waals surface area contributed by atoms with E-state index in [2.05, 4.69) is 12.8 Å². The fraction of sp³-hybridized carbons (Fsp3) is 0.600. The lowest BCUT2D eigenvalue weighted by Gasteiger charge is -2.56. The Morgan fingerprint density at radius 1 is 1.15 bits per heavy atom. The summed E-state index contributed by atoms with van der Waals surface area (Å²) in [5, 5.41) is 0. The van der Waals surface area contributed by atoms with Crippen molar-refractivity contribution in [3.05, 3.63) is 41.5 Å². The normalized spacial score (nSPS) is 36.4. The van der Waals surface area contributed by atoms with E-state index in [-0.39, 0.29) is 18.0 Å². The molecule has 3 fully saturated rings. The summed E-state index contributed by atoms with van der Waals surface area (Å²) in [6, 6.07) is 7.67. The van der Waals surface area contributed by atoms with Crippen LogP contribution in [0.1, 0.15) is 70.3 Å². The molecule has 4 unspecified atom stereocenters. The van der Waals surface area contributed by atoms with E-state index >= 15 is 0 Å². The van der Waals surface area contributed by atoms with Gasteiger partial charge >= 0.3 is 5.97 Å². The van der Waals surface area contributed by atoms with Crippen molar-refractivity contribution in [1.29, 1.82) is 0 Å². The van der Waals surface area contributed by atoms with Crippen LogP contribution in [-0.4, -0.2) is 24.0 Å². The third-order valence-electron chi connectivity index (χ3n) is 9.62. The Morgan fingerprint density at radius 3 is 2.76 bits per heavy atom. The summed E-state index contributed by atoms with van der Waals surface area (Å²) >= 11 is 0. The van der Waals surface area contributed by atoms with Crippen LogP contribution in [0.2, 0.25) is 0 Å². The summed E-state index contributed by atoms with van der Waals surface area (Å²) in [5.41, 5.74) is 1.44. The van der Waals surface area contributed by atoms with Crippen molar-refractivity contribution in [2.75, 3.05) is 6.61 Å². The molecule has 4 heteroatoms. The quantitative estimate of drug-likeness (QED) is 0.410. The van der Waals surface area contributed by atoms with Gasteiger partial charge in [-0.2, -0.15) is 0 Å². The zero-order chi connectivity index (χ0) is 23.9. The highest BCUT2D eigenvalue weighted by molar-refractivity contribution is 5.91. The van der Waals surface area contributed by atoms with Crippen molar-refractivity contribution < 1.29 is 19.1 Å². The Labute approximate surface area is 203 Å². The number of aryl methyl sites for hydroxylation is 1. The van der Waals surface area contributed by atoms with E-state index in [1.807, 2.05) is 37.3 Å². The molecule has 0 saturated heterocycles. The molecule has 0 radical (unpaired) electrons. The second-order valence-corrected chi connectivity index (χ2v) is 10.9. The zero-order valence-electron chi connectivity index (χ0n) is 20.5. The minimum atomic E-state index is -0.858. The third-order valence-corrected chi connectivity index (χ3v) is 9.62. The Kier molecular flexibility index (Phi) is 6.09. The Balaban J connectivity index is 1.34. The van der Waals surface area contributed by atoms with Crippen molar-refractivity contribution in [3.8, 4) is 18.1 Å². The van der Waals surface area contributed by atoms with Crippen LogP contribution in [0.5, 0.6) is 5.75 Å². The first-order valence-corrected chi connectivity index (χ1v) is 13.0. The molecule has 4 aliphatic rings. The highest BCUT2D eigenvalue weighted by Crippen LogP contribution is 2.67. The molecule has 0 amide bonds. The number of esters is 1. The fourth-order valence-corrected chi connectivity index (χ4v) is 8.19. The van der Waals surface area contributed by atoms with Crippen LogP contribution in [0.15, 0.2) is 35.9 Å². The van der Waals surface area contributed by atoms with Gasteiger partial charge in [0.2, 0.25) is 0 Å². The van der Waals surface area contributed by atoms with Crippen LogP contribution < -0.4 is 4.74 Å². The topological polar surface area (TPSA) is 52.6 Å². The fourth-order valence-electron chi connectivity index (χ4n) is 8.19. The number of ketones is 1. The second kappa shape index (κ2) is 8.91. The van der Waals surface area contributed by atoms with Crippen LogP contribution in [0.4, 0.5) is 0 Å². The summed E-state index contributed by atoms with van der Waals surface area (Å²) in [4.78, 5) is 25.0. The summed E-state index contributed by atoms with van der Waals surface area (Å²) in [5.74, 6) is 5.85. The molecule has 0 N–H and O–H groups in total. The molecule has 5 rings (SSSR count). The number of ether oxygens (including phenoxy) is 2. The maximum atomic E-state index is 13.0. The first kappa shape index (κ1) is 23.2. The highest BCUT2D eigenvalue weighted by atomic mass is 16.6. The smallest absolute Gasteiger partial charge is 0.345 e. The molecular formula is C30H36O4. The van der Waals surface area contributed by atoms with Gasteiger partial charge in [0.15, 0.2) is 18.0 Å². The van der Waals surface area contributed by atoms with Crippen molar-refractivity contribution in [1.82, 2.24) is 0 Å². The molecule has 4 aliphatic carbocycles. The molecule has 0 heterocycles. The van der Waals surface area contributed by atoms with E-state index in [4.69, 9.17) is 15.9 Å². The zero-order valence-corrected chi connectivity index (χ0v) is 20.5. The van der Waals surface area contributed by atoms with Crippen molar-refractivity contribution >= 4 is 11.8 Å². The van der Waals surface area contributed by atoms with Crippen LogP contribution in [0.3, 0.4) is 0 Å². The molecule has 3 saturated carbocycles. The summed E-state index contributed by atoms with van der Waals surface area (Å²) < 4.78 is 11.9. The minimum absolute atomic E-state index is 0.131. The first-order valence-electron chi connectivity index (χ1n) is 13.0. The molecule has 6 atom stereocenters. The number of benzene rings is 1. The lowest BCUT2D eigenvalue weighted by atomic mass is 9.49. The van der Waals surface area contributed by atoms with E-state index in [0.717, 1.165) is 56.9 Å². The van der Waals surface area contributed by atoms with Crippen LogP contribution >= 0.6 is 0 Å². The molecule has 0 aromatic heterocycles. The second-order valence-electron chi connectivity index (χ2n) is 10.9. The van der Waals surface area contributed by atoms with Gasteiger partial charge in [0.05, 0.1) is 0 Å². The summed E-state index contributed by atoms with van der Waals surface area (Å²) in [6.45, 7) is 4.08. The van der Waals surface area contributed by atoms with E-state index in [9.17, 15) is 9.59 Å². The summed E-state index contributed by atoms with van der Waals surface area (Å²) in [6.07, 6.45) is 16.7. The van der Waals surface area contributed by atoms with E-state index in [1.54, 1.807) is 0 Å². The molecule has 1 aromatic carbocycles. The van der Waals surface area contributed by atoms with Gasteiger partial charge < -0.3 is 9.47 Å². The van der Waals surface area contributed by atoms with Gasteiger partial charge in [0.1, 0.15) is 5.75 Å². The van der Waals surface area contributed by atoms with Gasteiger partial charge in [-0.3, -0.25) is 4.79 Å². The van der Waals surface area contributed by atoms with Crippen LogP contribution in [0, 0.1) is 48.4 Å². The largest absolute Gasteiger partial charge is 0.482 e. The average Bonchev–Trinajstić information content (AvgIpc) is 3.17. The number of rotatable bonds is 5. The molecular weight excluding hydrogens is 424 g/mol. The summed E-state index contributed by atoms with van der Waals surface area (Å²) in [7, 11) is 0. The standard InChI is InChI=1S/C30H36O4/c1-4-29-15-13-25-24-12-10-22(31)18-21(24)9-11-26(25)27(29)14-16-30(29,5-2)34-28(32)19-33-23-8-6-7-20(3)17-23/h2,6-8,17-18,24-27H,4,9-16,19H2,1,3H3/t24?,25?,26?,27?,29-,30-/m0/s1. The predicted octanol–water partition coefficient (Wildman–Crippen LogP) is 5.82. The number of allylic oxidation sites excluding steroid dienone is 1. The van der Waals surface area contributed by atoms with Gasteiger partial charge in [0.25, 0.3) is 0 Å². The number of hydrogen-bond acceptors (Lipinski definition) is 4. The first-order chi connectivity index (χ1) is 16.4. The van der Waals surface area contributed by atoms with E-state index in [0.29, 0.717) is 41.6 Å². The Bertz CT molecular complexity index is 1050. The number of fused-ring (bicyclic) bond motifs is 5. The minimum Gasteiger partial charge on any atom is -0.482 e. The van der Waals surface area contributed by atoms with E-state index < -0.39 is 5.60 Å². The lowest BCUT2D eigenvalue weighted by molar-refractivity contribution is -0.175. The Hall–Kier alpha value is -2.54. The van der Waals surface area contributed by atoms with Gasteiger partial charge in [-0.25, -0.2) is 4.79 Å². The third kappa shape index (κ3) is 3.69. The molecule has 34 heavy (non-hydrogen) atoms. The number of hydrogen-bond donors (Lipinski definition) is 0. The lowest BCUT2D eigenvalue weighted by Crippen LogP contribution is -2.55. The molecule has 180 valence electrons. The van der Waals surface area contributed by atoms with Gasteiger partial charge in [0, 0.05) is 11.8 Å². The SMILES string of the molecule is C#C[C@]1(OC(=O)COc2cccc(C)c2)CCC2C3CCC4=CC(=O)CCC4C3CC[C@@]21CC. The number of carbonyl (C=O) groups excluding carboxylic acids is 2. The predicted molar refractivity (Wildman–Crippen MR) is 131 cm³/mol. The van der Waals surface area contributed by atoms with Crippen molar-refractivity contribution in [2.45, 2.75) is 77.2 Å². The molecule has 0 spiro atoms.